The van der Waals surface area contributed by atoms with Gasteiger partial charge in [-0.2, -0.15) is 0 Å². The molecule has 0 fully saturated rings. The quantitative estimate of drug-likeness (QED) is 0.511. The SMILES string of the molecule is COc1ccccc1/C=C\C(=O)c1sc(-c2cccnc2)nc1C. The fourth-order valence-corrected chi connectivity index (χ4v) is 3.26. The maximum atomic E-state index is 12.5. The Hall–Kier alpha value is -2.79. The van der Waals surface area contributed by atoms with Crippen molar-refractivity contribution in [1.29, 1.82) is 0 Å². The fourth-order valence-electron chi connectivity index (χ4n) is 2.28. The van der Waals surface area contributed by atoms with Crippen molar-refractivity contribution in [2.75, 3.05) is 7.11 Å². The van der Waals surface area contributed by atoms with Crippen LogP contribution in [0, 0.1) is 6.92 Å². The number of allylic oxidation sites excluding steroid dienone is 1. The predicted octanol–water partition coefficient (Wildman–Crippen LogP) is 4.42. The van der Waals surface area contributed by atoms with E-state index in [4.69, 9.17) is 4.74 Å². The fraction of sp³-hybridized carbons (Fsp3) is 0.105. The van der Waals surface area contributed by atoms with Gasteiger partial charge in [-0.3, -0.25) is 9.78 Å². The van der Waals surface area contributed by atoms with E-state index >= 15 is 0 Å². The average Bonchev–Trinajstić information content (AvgIpc) is 3.02. The Balaban J connectivity index is 1.86. The highest BCUT2D eigenvalue weighted by atomic mass is 32.1. The first-order chi connectivity index (χ1) is 11.7. The minimum absolute atomic E-state index is 0.0638. The van der Waals surface area contributed by atoms with E-state index in [1.807, 2.05) is 43.3 Å². The molecule has 24 heavy (non-hydrogen) atoms. The third-order valence-corrected chi connectivity index (χ3v) is 4.70. The lowest BCUT2D eigenvalue weighted by molar-refractivity contribution is 0.105. The molecule has 0 N–H and O–H groups in total. The third-order valence-electron chi connectivity index (χ3n) is 3.48. The molecule has 0 amide bonds. The van der Waals surface area contributed by atoms with E-state index in [1.54, 1.807) is 31.7 Å². The van der Waals surface area contributed by atoms with Gasteiger partial charge in [-0.15, -0.1) is 11.3 Å². The number of hydrogen-bond donors (Lipinski definition) is 0. The molecule has 2 heterocycles. The van der Waals surface area contributed by atoms with E-state index in [-0.39, 0.29) is 5.78 Å². The van der Waals surface area contributed by atoms with E-state index in [0.29, 0.717) is 4.88 Å². The molecule has 0 atom stereocenters. The predicted molar refractivity (Wildman–Crippen MR) is 96.4 cm³/mol. The summed E-state index contributed by atoms with van der Waals surface area (Å²) in [7, 11) is 1.61. The van der Waals surface area contributed by atoms with Crippen molar-refractivity contribution in [1.82, 2.24) is 9.97 Å². The second kappa shape index (κ2) is 7.19. The molecule has 0 unspecified atom stereocenters. The molecule has 0 aliphatic rings. The van der Waals surface area contributed by atoms with Gasteiger partial charge in [0.2, 0.25) is 0 Å². The lowest BCUT2D eigenvalue weighted by Gasteiger charge is -2.02. The van der Waals surface area contributed by atoms with Crippen LogP contribution in [0.15, 0.2) is 54.9 Å². The molecule has 0 radical (unpaired) electrons. The van der Waals surface area contributed by atoms with E-state index in [2.05, 4.69) is 9.97 Å². The van der Waals surface area contributed by atoms with E-state index in [9.17, 15) is 4.79 Å². The first-order valence-electron chi connectivity index (χ1n) is 7.42. The minimum atomic E-state index is -0.0638. The van der Waals surface area contributed by atoms with Crippen molar-refractivity contribution in [2.45, 2.75) is 6.92 Å². The third kappa shape index (κ3) is 3.41. The number of hydrogen-bond acceptors (Lipinski definition) is 5. The second-order valence-electron chi connectivity index (χ2n) is 5.11. The van der Waals surface area contributed by atoms with Gasteiger partial charge < -0.3 is 4.74 Å². The Morgan fingerprint density at radius 1 is 1.21 bits per heavy atom. The molecule has 0 aliphatic heterocycles. The van der Waals surface area contributed by atoms with Crippen molar-refractivity contribution in [2.24, 2.45) is 0 Å². The standard InChI is InChI=1S/C19H16N2O2S/c1-13-18(24-19(21-13)15-7-5-11-20-12-15)16(22)10-9-14-6-3-4-8-17(14)23-2/h3-12H,1-2H3/b10-9-. The number of methoxy groups -OCH3 is 1. The number of para-hydroxylation sites is 1. The summed E-state index contributed by atoms with van der Waals surface area (Å²) < 4.78 is 5.29. The van der Waals surface area contributed by atoms with Crippen LogP contribution in [0.1, 0.15) is 20.9 Å². The number of ether oxygens (including phenoxy) is 1. The molecule has 0 bridgehead atoms. The topological polar surface area (TPSA) is 52.1 Å². The van der Waals surface area contributed by atoms with Gasteiger partial charge in [0, 0.05) is 23.5 Å². The van der Waals surface area contributed by atoms with Crippen molar-refractivity contribution in [3.8, 4) is 16.3 Å². The Labute approximate surface area is 144 Å². The van der Waals surface area contributed by atoms with Crippen molar-refractivity contribution >= 4 is 23.2 Å². The molecule has 0 spiro atoms. The summed E-state index contributed by atoms with van der Waals surface area (Å²) in [6.45, 7) is 1.85. The maximum Gasteiger partial charge on any atom is 0.197 e. The van der Waals surface area contributed by atoms with Crippen LogP contribution in [0.4, 0.5) is 0 Å². The molecule has 4 nitrogen and oxygen atoms in total. The molecule has 3 rings (SSSR count). The first-order valence-corrected chi connectivity index (χ1v) is 8.24. The summed E-state index contributed by atoms with van der Waals surface area (Å²) in [5.74, 6) is 0.671. The number of nitrogens with zero attached hydrogens (tertiary/aromatic N) is 2. The molecule has 120 valence electrons. The summed E-state index contributed by atoms with van der Waals surface area (Å²) in [4.78, 5) is 21.7. The van der Waals surface area contributed by atoms with E-state index in [1.165, 1.54) is 11.3 Å². The molecule has 0 saturated carbocycles. The summed E-state index contributed by atoms with van der Waals surface area (Å²) in [6, 6.07) is 11.4. The Morgan fingerprint density at radius 2 is 2.04 bits per heavy atom. The first kappa shape index (κ1) is 16.1. The zero-order chi connectivity index (χ0) is 16.9. The van der Waals surface area contributed by atoms with E-state index < -0.39 is 0 Å². The van der Waals surface area contributed by atoms with Crippen molar-refractivity contribution in [3.63, 3.8) is 0 Å². The van der Waals surface area contributed by atoms with Gasteiger partial charge in [-0.05, 0) is 37.3 Å². The molecule has 1 aromatic carbocycles. The molecular formula is C19H16N2O2S. The molecule has 2 aromatic heterocycles. The summed E-state index contributed by atoms with van der Waals surface area (Å²) in [5.41, 5.74) is 2.51. The number of pyridine rings is 1. The highest BCUT2D eigenvalue weighted by molar-refractivity contribution is 7.17. The molecule has 0 aliphatic carbocycles. The highest BCUT2D eigenvalue weighted by Gasteiger charge is 2.14. The Kier molecular flexibility index (Phi) is 4.82. The number of benzene rings is 1. The molecule has 0 saturated heterocycles. The number of ketones is 1. The van der Waals surface area contributed by atoms with Gasteiger partial charge in [0.15, 0.2) is 5.78 Å². The summed E-state index contributed by atoms with van der Waals surface area (Å²) in [6.07, 6.45) is 6.79. The summed E-state index contributed by atoms with van der Waals surface area (Å²) in [5, 5.41) is 0.801. The van der Waals surface area contributed by atoms with Crippen LogP contribution >= 0.6 is 11.3 Å². The zero-order valence-electron chi connectivity index (χ0n) is 13.4. The van der Waals surface area contributed by atoms with Crippen LogP contribution in [0.3, 0.4) is 0 Å². The van der Waals surface area contributed by atoms with Crippen molar-refractivity contribution < 1.29 is 9.53 Å². The van der Waals surface area contributed by atoms with Crippen LogP contribution in [0.5, 0.6) is 5.75 Å². The Morgan fingerprint density at radius 3 is 2.79 bits per heavy atom. The summed E-state index contributed by atoms with van der Waals surface area (Å²) >= 11 is 1.38. The van der Waals surface area contributed by atoms with Gasteiger partial charge >= 0.3 is 0 Å². The number of rotatable bonds is 5. The number of aromatic nitrogens is 2. The zero-order valence-corrected chi connectivity index (χ0v) is 14.2. The highest BCUT2D eigenvalue weighted by Crippen LogP contribution is 2.28. The normalized spacial score (nSPS) is 10.9. The molecule has 3 aromatic rings. The van der Waals surface area contributed by atoms with Gasteiger partial charge in [0.1, 0.15) is 10.8 Å². The maximum absolute atomic E-state index is 12.5. The molecule has 5 heteroatoms. The largest absolute Gasteiger partial charge is 0.496 e. The number of thiazole rings is 1. The second-order valence-corrected chi connectivity index (χ2v) is 6.11. The average molecular weight is 336 g/mol. The van der Waals surface area contributed by atoms with Gasteiger partial charge in [-0.1, -0.05) is 18.2 Å². The van der Waals surface area contributed by atoms with Gasteiger partial charge in [0.05, 0.1) is 17.7 Å². The van der Waals surface area contributed by atoms with Crippen LogP contribution in [-0.4, -0.2) is 22.9 Å². The number of aryl methyl sites for hydroxylation is 1. The van der Waals surface area contributed by atoms with E-state index in [0.717, 1.165) is 27.6 Å². The monoisotopic (exact) mass is 336 g/mol. The number of carbonyl (C=O) groups is 1. The van der Waals surface area contributed by atoms with Crippen LogP contribution in [-0.2, 0) is 0 Å². The van der Waals surface area contributed by atoms with Crippen LogP contribution in [0.2, 0.25) is 0 Å². The number of carbonyl (C=O) groups excluding carboxylic acids is 1. The van der Waals surface area contributed by atoms with Crippen LogP contribution in [0.25, 0.3) is 16.6 Å². The smallest absolute Gasteiger partial charge is 0.197 e. The van der Waals surface area contributed by atoms with Gasteiger partial charge in [-0.25, -0.2) is 4.98 Å². The molecular weight excluding hydrogens is 320 g/mol. The minimum Gasteiger partial charge on any atom is -0.496 e. The van der Waals surface area contributed by atoms with Crippen LogP contribution < -0.4 is 4.74 Å². The lowest BCUT2D eigenvalue weighted by Crippen LogP contribution is -1.93. The van der Waals surface area contributed by atoms with Crippen molar-refractivity contribution in [3.05, 3.63) is 71.0 Å². The Bertz CT molecular complexity index is 885. The van der Waals surface area contributed by atoms with Gasteiger partial charge in [0.25, 0.3) is 0 Å². The lowest BCUT2D eigenvalue weighted by atomic mass is 10.1.